The fraction of sp³-hybridized carbons (Fsp3) is 0.381. The molecule has 0 saturated carbocycles. The summed E-state index contributed by atoms with van der Waals surface area (Å²) in [6.07, 6.45) is 3.07. The number of aromatic nitrogens is 2. The summed E-state index contributed by atoms with van der Waals surface area (Å²) in [5.74, 6) is 0. The van der Waals surface area contributed by atoms with Crippen molar-refractivity contribution in [1.29, 1.82) is 0 Å². The fourth-order valence-electron chi connectivity index (χ4n) is 3.84. The first-order chi connectivity index (χ1) is 13.0. The highest BCUT2D eigenvalue weighted by Crippen LogP contribution is 2.32. The summed E-state index contributed by atoms with van der Waals surface area (Å²) in [4.78, 5) is 7.41. The highest BCUT2D eigenvalue weighted by molar-refractivity contribution is 6.36. The maximum atomic E-state index is 6.48. The second-order valence-electron chi connectivity index (χ2n) is 7.31. The molecule has 4 nitrogen and oxygen atoms in total. The van der Waals surface area contributed by atoms with Crippen molar-refractivity contribution in [2.24, 2.45) is 0 Å². The summed E-state index contributed by atoms with van der Waals surface area (Å²) in [6.45, 7) is 9.25. The van der Waals surface area contributed by atoms with Crippen LogP contribution in [0.2, 0.25) is 10.0 Å². The van der Waals surface area contributed by atoms with Crippen molar-refractivity contribution in [3.05, 3.63) is 57.3 Å². The second-order valence-corrected chi connectivity index (χ2v) is 8.15. The summed E-state index contributed by atoms with van der Waals surface area (Å²) in [5, 5.41) is 4.67. The predicted molar refractivity (Wildman–Crippen MR) is 113 cm³/mol. The number of hydrogen-bond acceptors (Lipinski definition) is 3. The van der Waals surface area contributed by atoms with Crippen LogP contribution in [-0.2, 0) is 6.54 Å². The predicted octanol–water partition coefficient (Wildman–Crippen LogP) is 4.72. The Morgan fingerprint density at radius 3 is 2.78 bits per heavy atom. The molecular formula is C21H24Cl2N4. The molecule has 1 aliphatic heterocycles. The zero-order chi connectivity index (χ0) is 19.0. The van der Waals surface area contributed by atoms with Crippen molar-refractivity contribution in [2.45, 2.75) is 26.8 Å². The van der Waals surface area contributed by atoms with E-state index in [-0.39, 0.29) is 0 Å². The van der Waals surface area contributed by atoms with Gasteiger partial charge in [-0.05, 0) is 45.0 Å². The van der Waals surface area contributed by atoms with Gasteiger partial charge in [0.25, 0.3) is 0 Å². The molecule has 3 heterocycles. The average molecular weight is 403 g/mol. The van der Waals surface area contributed by atoms with Crippen LogP contribution in [0.4, 0.5) is 0 Å². The van der Waals surface area contributed by atoms with Gasteiger partial charge >= 0.3 is 0 Å². The number of halogens is 2. The van der Waals surface area contributed by atoms with Gasteiger partial charge < -0.3 is 5.32 Å². The molecule has 0 unspecified atom stereocenters. The smallest absolute Gasteiger partial charge is 0.156 e. The van der Waals surface area contributed by atoms with E-state index < -0.39 is 0 Å². The molecular weight excluding hydrogens is 379 g/mol. The van der Waals surface area contributed by atoms with E-state index in [2.05, 4.69) is 46.7 Å². The van der Waals surface area contributed by atoms with Crippen LogP contribution in [0.3, 0.4) is 0 Å². The van der Waals surface area contributed by atoms with Gasteiger partial charge in [0.1, 0.15) is 0 Å². The Morgan fingerprint density at radius 2 is 1.96 bits per heavy atom. The molecule has 27 heavy (non-hydrogen) atoms. The van der Waals surface area contributed by atoms with E-state index in [1.807, 2.05) is 6.20 Å². The molecule has 0 radical (unpaired) electrons. The number of benzene rings is 1. The highest BCUT2D eigenvalue weighted by atomic mass is 35.5. The van der Waals surface area contributed by atoms with Crippen LogP contribution >= 0.6 is 23.2 Å². The van der Waals surface area contributed by atoms with E-state index in [4.69, 9.17) is 28.2 Å². The van der Waals surface area contributed by atoms with Gasteiger partial charge in [-0.2, -0.15) is 0 Å². The SMILES string of the molecule is Cc1ccc(-c2nc3c(Cl)cc(Cl)cn3c2CN2CCCNCC2)c(C)c1. The zero-order valence-corrected chi connectivity index (χ0v) is 17.2. The van der Waals surface area contributed by atoms with Crippen molar-refractivity contribution in [3.63, 3.8) is 0 Å². The van der Waals surface area contributed by atoms with Crippen molar-refractivity contribution in [3.8, 4) is 11.3 Å². The minimum atomic E-state index is 0.581. The molecule has 6 heteroatoms. The fourth-order valence-corrected chi connectivity index (χ4v) is 4.35. The zero-order valence-electron chi connectivity index (χ0n) is 15.7. The molecule has 0 aliphatic carbocycles. The van der Waals surface area contributed by atoms with Crippen molar-refractivity contribution in [2.75, 3.05) is 26.2 Å². The molecule has 0 bridgehead atoms. The van der Waals surface area contributed by atoms with E-state index in [0.29, 0.717) is 10.0 Å². The third-order valence-electron chi connectivity index (χ3n) is 5.18. The Hall–Kier alpha value is -1.59. The summed E-state index contributed by atoms with van der Waals surface area (Å²) in [5.41, 5.74) is 6.52. The number of hydrogen-bond donors (Lipinski definition) is 1. The Bertz CT molecular complexity index is 972. The molecule has 1 aliphatic rings. The number of nitrogens with zero attached hydrogens (tertiary/aromatic N) is 3. The van der Waals surface area contributed by atoms with Gasteiger partial charge in [-0.3, -0.25) is 9.30 Å². The summed E-state index contributed by atoms with van der Waals surface area (Å²) < 4.78 is 2.07. The van der Waals surface area contributed by atoms with Gasteiger partial charge in [0, 0.05) is 31.4 Å². The lowest BCUT2D eigenvalue weighted by molar-refractivity contribution is 0.281. The minimum absolute atomic E-state index is 0.581. The van der Waals surface area contributed by atoms with E-state index in [1.165, 1.54) is 11.1 Å². The lowest BCUT2D eigenvalue weighted by atomic mass is 10.0. The average Bonchev–Trinajstić information content (AvgIpc) is 2.79. The quantitative estimate of drug-likeness (QED) is 0.687. The van der Waals surface area contributed by atoms with E-state index in [0.717, 1.165) is 61.7 Å². The van der Waals surface area contributed by atoms with E-state index >= 15 is 0 Å². The number of fused-ring (bicyclic) bond motifs is 1. The van der Waals surface area contributed by atoms with Gasteiger partial charge in [0.05, 0.1) is 21.4 Å². The molecule has 0 spiro atoms. The van der Waals surface area contributed by atoms with Crippen molar-refractivity contribution >= 4 is 28.8 Å². The topological polar surface area (TPSA) is 32.6 Å². The summed E-state index contributed by atoms with van der Waals surface area (Å²) in [7, 11) is 0. The van der Waals surface area contributed by atoms with E-state index in [9.17, 15) is 0 Å². The Labute approximate surface area is 170 Å². The summed E-state index contributed by atoms with van der Waals surface area (Å²) >= 11 is 12.8. The van der Waals surface area contributed by atoms with Crippen LogP contribution in [-0.4, -0.2) is 40.5 Å². The van der Waals surface area contributed by atoms with Crippen LogP contribution in [0.5, 0.6) is 0 Å². The molecule has 3 aromatic rings. The summed E-state index contributed by atoms with van der Waals surface area (Å²) in [6, 6.07) is 8.26. The molecule has 1 aromatic carbocycles. The van der Waals surface area contributed by atoms with Crippen molar-refractivity contribution < 1.29 is 0 Å². The molecule has 4 rings (SSSR count). The molecule has 1 saturated heterocycles. The van der Waals surface area contributed by atoms with Crippen LogP contribution in [0.1, 0.15) is 23.2 Å². The number of nitrogens with one attached hydrogen (secondary N) is 1. The Kier molecular flexibility index (Phi) is 5.42. The molecule has 2 aromatic heterocycles. The first-order valence-electron chi connectivity index (χ1n) is 9.39. The molecule has 142 valence electrons. The third kappa shape index (κ3) is 3.85. The minimum Gasteiger partial charge on any atom is -0.315 e. The van der Waals surface area contributed by atoms with Crippen LogP contribution in [0, 0.1) is 13.8 Å². The normalized spacial score (nSPS) is 16.0. The third-order valence-corrected chi connectivity index (χ3v) is 5.67. The van der Waals surface area contributed by atoms with E-state index in [1.54, 1.807) is 6.07 Å². The van der Waals surface area contributed by atoms with Gasteiger partial charge in [-0.25, -0.2) is 4.98 Å². The van der Waals surface area contributed by atoms with Crippen LogP contribution in [0.15, 0.2) is 30.5 Å². The Balaban J connectivity index is 1.87. The number of imidazole rings is 1. The maximum absolute atomic E-state index is 6.48. The Morgan fingerprint density at radius 1 is 1.11 bits per heavy atom. The first kappa shape index (κ1) is 18.8. The van der Waals surface area contributed by atoms with Gasteiger partial charge in [-0.1, -0.05) is 47.0 Å². The molecule has 1 fully saturated rings. The maximum Gasteiger partial charge on any atom is 0.156 e. The highest BCUT2D eigenvalue weighted by Gasteiger charge is 2.21. The number of aryl methyl sites for hydroxylation is 2. The molecule has 1 N–H and O–H groups in total. The van der Waals surface area contributed by atoms with Crippen LogP contribution < -0.4 is 5.32 Å². The lowest BCUT2D eigenvalue weighted by Crippen LogP contribution is -2.28. The first-order valence-corrected chi connectivity index (χ1v) is 10.1. The standard InChI is InChI=1S/C21H24Cl2N4/c1-14-4-5-17(15(2)10-14)20-19(13-26-8-3-6-24-7-9-26)27-12-16(22)11-18(23)21(27)25-20/h4-5,10-12,24H,3,6-9,13H2,1-2H3. The number of rotatable bonds is 3. The largest absolute Gasteiger partial charge is 0.315 e. The second kappa shape index (κ2) is 7.80. The van der Waals surface area contributed by atoms with Crippen molar-refractivity contribution in [1.82, 2.24) is 19.6 Å². The lowest BCUT2D eigenvalue weighted by Gasteiger charge is -2.20. The van der Waals surface area contributed by atoms with Gasteiger partial charge in [-0.15, -0.1) is 0 Å². The molecule has 0 atom stereocenters. The van der Waals surface area contributed by atoms with Gasteiger partial charge in [0.2, 0.25) is 0 Å². The molecule has 0 amide bonds. The van der Waals surface area contributed by atoms with Crippen LogP contribution in [0.25, 0.3) is 16.9 Å². The number of pyridine rings is 1. The monoisotopic (exact) mass is 402 g/mol. The van der Waals surface area contributed by atoms with Gasteiger partial charge in [0.15, 0.2) is 5.65 Å².